The van der Waals surface area contributed by atoms with Gasteiger partial charge in [-0.2, -0.15) is 0 Å². The maximum absolute atomic E-state index is 9.97. The standard InChI is InChI=1S/C12H14OS/c1-3-8-5-6-9-7-10(4-2)14-12(9)11(8)13/h5-7,13H,3-4H2,1-2H3. The summed E-state index contributed by atoms with van der Waals surface area (Å²) in [5.41, 5.74) is 1.04. The average molecular weight is 206 g/mol. The first kappa shape index (κ1) is 9.53. The Labute approximate surface area is 88.0 Å². The molecule has 1 heterocycles. The van der Waals surface area contributed by atoms with Gasteiger partial charge in [0.25, 0.3) is 0 Å². The molecule has 14 heavy (non-hydrogen) atoms. The van der Waals surface area contributed by atoms with Crippen LogP contribution in [-0.2, 0) is 12.8 Å². The number of thiophene rings is 1. The fourth-order valence-electron chi connectivity index (χ4n) is 1.64. The van der Waals surface area contributed by atoms with Crippen LogP contribution in [-0.4, -0.2) is 5.11 Å². The summed E-state index contributed by atoms with van der Waals surface area (Å²) in [6, 6.07) is 6.28. The summed E-state index contributed by atoms with van der Waals surface area (Å²) < 4.78 is 1.04. The van der Waals surface area contributed by atoms with E-state index in [1.54, 1.807) is 11.3 Å². The average Bonchev–Trinajstić information content (AvgIpc) is 2.62. The molecule has 0 radical (unpaired) electrons. The monoisotopic (exact) mass is 206 g/mol. The summed E-state index contributed by atoms with van der Waals surface area (Å²) in [4.78, 5) is 1.34. The summed E-state index contributed by atoms with van der Waals surface area (Å²) in [5, 5.41) is 11.1. The number of aryl methyl sites for hydroxylation is 2. The van der Waals surface area contributed by atoms with Crippen LogP contribution < -0.4 is 0 Å². The summed E-state index contributed by atoms with van der Waals surface area (Å²) in [5.74, 6) is 0.481. The van der Waals surface area contributed by atoms with Crippen LogP contribution >= 0.6 is 11.3 Å². The first-order valence-electron chi connectivity index (χ1n) is 4.99. The lowest BCUT2D eigenvalue weighted by molar-refractivity contribution is 0.476. The number of fused-ring (bicyclic) bond motifs is 1. The molecule has 0 bridgehead atoms. The van der Waals surface area contributed by atoms with Gasteiger partial charge in [0.15, 0.2) is 0 Å². The van der Waals surface area contributed by atoms with Crippen LogP contribution in [0.1, 0.15) is 24.3 Å². The highest BCUT2D eigenvalue weighted by molar-refractivity contribution is 7.19. The number of phenolic OH excluding ortho intramolecular Hbond substituents is 1. The molecule has 0 aliphatic carbocycles. The minimum Gasteiger partial charge on any atom is -0.506 e. The third-order valence-electron chi connectivity index (χ3n) is 2.52. The molecule has 2 heteroatoms. The van der Waals surface area contributed by atoms with E-state index in [1.807, 2.05) is 6.07 Å². The van der Waals surface area contributed by atoms with E-state index in [2.05, 4.69) is 26.0 Å². The van der Waals surface area contributed by atoms with E-state index in [-0.39, 0.29) is 0 Å². The molecular weight excluding hydrogens is 192 g/mol. The third kappa shape index (κ3) is 1.40. The maximum atomic E-state index is 9.97. The Morgan fingerprint density at radius 1 is 1.21 bits per heavy atom. The normalized spacial score (nSPS) is 11.0. The first-order chi connectivity index (χ1) is 6.76. The minimum absolute atomic E-state index is 0.481. The molecule has 74 valence electrons. The lowest BCUT2D eigenvalue weighted by Gasteiger charge is -2.01. The summed E-state index contributed by atoms with van der Waals surface area (Å²) in [6.45, 7) is 4.21. The van der Waals surface area contributed by atoms with Gasteiger partial charge in [-0.05, 0) is 29.9 Å². The fourth-order valence-corrected chi connectivity index (χ4v) is 2.71. The van der Waals surface area contributed by atoms with Gasteiger partial charge in [-0.1, -0.05) is 26.0 Å². The van der Waals surface area contributed by atoms with Gasteiger partial charge < -0.3 is 5.11 Å². The maximum Gasteiger partial charge on any atom is 0.136 e. The van der Waals surface area contributed by atoms with Gasteiger partial charge in [0, 0.05) is 4.88 Å². The third-order valence-corrected chi connectivity index (χ3v) is 3.83. The van der Waals surface area contributed by atoms with Crippen LogP contribution in [0.15, 0.2) is 18.2 Å². The highest BCUT2D eigenvalue weighted by atomic mass is 32.1. The van der Waals surface area contributed by atoms with Gasteiger partial charge in [0.05, 0.1) is 4.70 Å². The molecule has 0 saturated heterocycles. The first-order valence-corrected chi connectivity index (χ1v) is 5.81. The molecule has 2 aromatic rings. The number of phenols is 1. The van der Waals surface area contributed by atoms with Gasteiger partial charge in [-0.15, -0.1) is 11.3 Å². The highest BCUT2D eigenvalue weighted by Crippen LogP contribution is 2.35. The van der Waals surface area contributed by atoms with Crippen LogP contribution in [0.25, 0.3) is 10.1 Å². The van der Waals surface area contributed by atoms with Crippen LogP contribution in [0.3, 0.4) is 0 Å². The molecule has 0 atom stereocenters. The van der Waals surface area contributed by atoms with E-state index >= 15 is 0 Å². The number of aromatic hydroxyl groups is 1. The molecule has 1 aromatic carbocycles. The van der Waals surface area contributed by atoms with Gasteiger partial charge in [0.1, 0.15) is 5.75 Å². The van der Waals surface area contributed by atoms with Crippen molar-refractivity contribution in [3.63, 3.8) is 0 Å². The quantitative estimate of drug-likeness (QED) is 0.793. The van der Waals surface area contributed by atoms with Crippen molar-refractivity contribution in [3.05, 3.63) is 28.6 Å². The van der Waals surface area contributed by atoms with E-state index in [9.17, 15) is 5.11 Å². The topological polar surface area (TPSA) is 20.2 Å². The molecule has 1 N–H and O–H groups in total. The van der Waals surface area contributed by atoms with Crippen LogP contribution in [0.4, 0.5) is 0 Å². The molecule has 1 nitrogen and oxygen atoms in total. The molecule has 1 aromatic heterocycles. The van der Waals surface area contributed by atoms with Gasteiger partial charge >= 0.3 is 0 Å². The molecule has 0 unspecified atom stereocenters. The van der Waals surface area contributed by atoms with Crippen molar-refractivity contribution in [2.75, 3.05) is 0 Å². The second-order valence-corrected chi connectivity index (χ2v) is 4.55. The van der Waals surface area contributed by atoms with Crippen molar-refractivity contribution in [3.8, 4) is 5.75 Å². The van der Waals surface area contributed by atoms with Gasteiger partial charge in [-0.3, -0.25) is 0 Å². The Balaban J connectivity index is 2.68. The lowest BCUT2D eigenvalue weighted by atomic mass is 10.1. The predicted molar refractivity (Wildman–Crippen MR) is 62.2 cm³/mol. The van der Waals surface area contributed by atoms with E-state index < -0.39 is 0 Å². The molecule has 0 aliphatic rings. The lowest BCUT2D eigenvalue weighted by Crippen LogP contribution is -1.79. The van der Waals surface area contributed by atoms with Crippen molar-refractivity contribution in [1.82, 2.24) is 0 Å². The van der Waals surface area contributed by atoms with Crippen molar-refractivity contribution >= 4 is 21.4 Å². The number of benzene rings is 1. The van der Waals surface area contributed by atoms with Crippen LogP contribution in [0.5, 0.6) is 5.75 Å². The summed E-state index contributed by atoms with van der Waals surface area (Å²) in [6.07, 6.45) is 1.93. The minimum atomic E-state index is 0.481. The fraction of sp³-hybridized carbons (Fsp3) is 0.333. The molecule has 0 spiro atoms. The Kier molecular flexibility index (Phi) is 2.46. The van der Waals surface area contributed by atoms with Crippen molar-refractivity contribution in [2.24, 2.45) is 0 Å². The van der Waals surface area contributed by atoms with Crippen molar-refractivity contribution in [2.45, 2.75) is 26.7 Å². The Morgan fingerprint density at radius 2 is 2.00 bits per heavy atom. The van der Waals surface area contributed by atoms with Crippen LogP contribution in [0, 0.1) is 0 Å². The molecular formula is C12H14OS. The largest absolute Gasteiger partial charge is 0.506 e. The van der Waals surface area contributed by atoms with Crippen molar-refractivity contribution < 1.29 is 5.11 Å². The molecule has 0 aliphatic heterocycles. The Hall–Kier alpha value is -1.02. The molecule has 0 fully saturated rings. The molecule has 0 saturated carbocycles. The second-order valence-electron chi connectivity index (χ2n) is 3.41. The van der Waals surface area contributed by atoms with Crippen LogP contribution in [0.2, 0.25) is 0 Å². The van der Waals surface area contributed by atoms with Crippen molar-refractivity contribution in [1.29, 1.82) is 0 Å². The van der Waals surface area contributed by atoms with Gasteiger partial charge in [-0.25, -0.2) is 0 Å². The Morgan fingerprint density at radius 3 is 2.64 bits per heavy atom. The zero-order chi connectivity index (χ0) is 10.1. The number of hydrogen-bond donors (Lipinski definition) is 1. The Bertz CT molecular complexity index is 457. The highest BCUT2D eigenvalue weighted by Gasteiger charge is 2.07. The smallest absolute Gasteiger partial charge is 0.136 e. The zero-order valence-electron chi connectivity index (χ0n) is 8.50. The second kappa shape index (κ2) is 3.62. The SMILES string of the molecule is CCc1cc2ccc(CC)c(O)c2s1. The summed E-state index contributed by atoms with van der Waals surface area (Å²) >= 11 is 1.70. The molecule has 0 amide bonds. The predicted octanol–water partition coefficient (Wildman–Crippen LogP) is 3.73. The zero-order valence-corrected chi connectivity index (χ0v) is 9.32. The molecule has 2 rings (SSSR count). The van der Waals surface area contributed by atoms with Gasteiger partial charge in [0.2, 0.25) is 0 Å². The number of rotatable bonds is 2. The summed E-state index contributed by atoms with van der Waals surface area (Å²) in [7, 11) is 0. The van der Waals surface area contributed by atoms with E-state index in [1.165, 1.54) is 10.3 Å². The van der Waals surface area contributed by atoms with E-state index in [0.29, 0.717) is 5.75 Å². The number of hydrogen-bond acceptors (Lipinski definition) is 2. The van der Waals surface area contributed by atoms with E-state index in [0.717, 1.165) is 23.1 Å². The van der Waals surface area contributed by atoms with E-state index in [4.69, 9.17) is 0 Å².